The molecule has 0 N–H and O–H groups in total. The molecule has 15 aromatic rings. The molecule has 396 valence electrons. The molecule has 3 aliphatic carbocycles. The minimum Gasteiger partial charge on any atom is -0.461 e. The summed E-state index contributed by atoms with van der Waals surface area (Å²) in [6.07, 6.45) is 3.65. The third-order valence-corrected chi connectivity index (χ3v) is 19.2. The molecule has 0 radical (unpaired) electrons. The average molecular weight is 1080 g/mol. The maximum Gasteiger partial charge on any atom is 0.174 e. The molecule has 4 heterocycles. The first-order valence-electron chi connectivity index (χ1n) is 29.3. The van der Waals surface area contributed by atoms with Crippen LogP contribution in [0.2, 0.25) is 0 Å². The van der Waals surface area contributed by atoms with Gasteiger partial charge in [0.1, 0.15) is 0 Å². The molecule has 0 amide bonds. The zero-order valence-corrected chi connectivity index (χ0v) is 45.9. The van der Waals surface area contributed by atoms with Gasteiger partial charge in [-0.25, -0.2) is 0 Å². The van der Waals surface area contributed by atoms with Gasteiger partial charge in [0, 0.05) is 50.0 Å². The minimum absolute atomic E-state index is 0.503. The smallest absolute Gasteiger partial charge is 0.174 e. The van der Waals surface area contributed by atoms with Crippen molar-refractivity contribution in [1.29, 1.82) is 0 Å². The van der Waals surface area contributed by atoms with E-state index in [9.17, 15) is 0 Å². The predicted molar refractivity (Wildman–Crippen MR) is 345 cm³/mol. The summed E-state index contributed by atoms with van der Waals surface area (Å²) in [7, 11) is 0. The quantitative estimate of drug-likeness (QED) is 0.166. The molecule has 0 saturated carbocycles. The van der Waals surface area contributed by atoms with Gasteiger partial charge in [0.05, 0.1) is 51.5 Å². The molecule has 2 spiro atoms. The summed E-state index contributed by atoms with van der Waals surface area (Å²) in [4.78, 5) is 4.97. The Morgan fingerprint density at radius 1 is 0.294 bits per heavy atom. The van der Waals surface area contributed by atoms with E-state index in [4.69, 9.17) is 8.83 Å². The van der Waals surface area contributed by atoms with Crippen molar-refractivity contribution in [2.24, 2.45) is 0 Å². The molecule has 0 bridgehead atoms. The second-order valence-corrected chi connectivity index (χ2v) is 23.1. The van der Waals surface area contributed by atoms with Crippen molar-refractivity contribution >= 4 is 66.7 Å². The number of furan rings is 2. The van der Waals surface area contributed by atoms with Crippen LogP contribution in [0.25, 0.3) is 83.2 Å². The van der Waals surface area contributed by atoms with E-state index in [2.05, 4.69) is 299 Å². The third kappa shape index (κ3) is 6.05. The van der Waals surface area contributed by atoms with Crippen LogP contribution in [0.1, 0.15) is 44.5 Å². The summed E-state index contributed by atoms with van der Waals surface area (Å²) in [5.74, 6) is 1.54. The van der Waals surface area contributed by atoms with Crippen LogP contribution in [0.5, 0.6) is 0 Å². The van der Waals surface area contributed by atoms with Crippen molar-refractivity contribution < 1.29 is 8.83 Å². The van der Waals surface area contributed by atoms with Gasteiger partial charge in [0.25, 0.3) is 0 Å². The Balaban J connectivity index is 0.859. The highest BCUT2D eigenvalue weighted by molar-refractivity contribution is 6.13. The van der Waals surface area contributed by atoms with Crippen LogP contribution in [-0.4, -0.2) is 4.57 Å². The van der Waals surface area contributed by atoms with Gasteiger partial charge in [0.15, 0.2) is 11.5 Å². The lowest BCUT2D eigenvalue weighted by Gasteiger charge is -2.44. The van der Waals surface area contributed by atoms with Crippen molar-refractivity contribution in [3.63, 3.8) is 0 Å². The van der Waals surface area contributed by atoms with Gasteiger partial charge in [-0.1, -0.05) is 200 Å². The van der Waals surface area contributed by atoms with Crippen LogP contribution in [0, 0.1) is 0 Å². The summed E-state index contributed by atoms with van der Waals surface area (Å²) in [5.41, 5.74) is 25.7. The van der Waals surface area contributed by atoms with Crippen molar-refractivity contribution in [2.45, 2.75) is 10.8 Å². The van der Waals surface area contributed by atoms with Crippen LogP contribution in [-0.2, 0) is 10.8 Å². The summed E-state index contributed by atoms with van der Waals surface area (Å²) in [5, 5.41) is 4.70. The first-order chi connectivity index (χ1) is 42.2. The van der Waals surface area contributed by atoms with Gasteiger partial charge in [-0.15, -0.1) is 0 Å². The number of benzene rings is 12. The highest BCUT2D eigenvalue weighted by Crippen LogP contribution is 2.66. The molecule has 0 unspecified atom stereocenters. The van der Waals surface area contributed by atoms with Crippen molar-refractivity contribution in [3.05, 3.63) is 342 Å². The Hall–Kier alpha value is -11.1. The second-order valence-electron chi connectivity index (χ2n) is 23.1. The van der Waals surface area contributed by atoms with E-state index in [1.165, 1.54) is 77.4 Å². The zero-order valence-electron chi connectivity index (χ0n) is 45.9. The van der Waals surface area contributed by atoms with E-state index in [-0.39, 0.29) is 0 Å². The molecule has 1 aliphatic heterocycles. The number of hydrogen-bond acceptors (Lipinski definition) is 4. The molecule has 0 atom stereocenters. The van der Waals surface area contributed by atoms with E-state index in [1.54, 1.807) is 0 Å². The van der Waals surface area contributed by atoms with Gasteiger partial charge in [-0.05, 0) is 157 Å². The summed E-state index contributed by atoms with van der Waals surface area (Å²) >= 11 is 0. The first kappa shape index (κ1) is 46.5. The average Bonchev–Trinajstić information content (AvgIpc) is 1.58. The van der Waals surface area contributed by atoms with Crippen LogP contribution >= 0.6 is 0 Å². The SMILES string of the molecule is c1ccc(-c2ccc(N(c3cccc(-n4c5ccccc5c5cc6c(cc54)C4(c5ccccc5N6c5cccc6ccccc56)c5ccoc5-c5occc54)c3)c3ccc4c(c3)C3(c5ccccc5-c5ccccc53)c3ccccc3-4)cc2)cc1. The van der Waals surface area contributed by atoms with Gasteiger partial charge < -0.3 is 23.2 Å². The number of rotatable bonds is 6. The van der Waals surface area contributed by atoms with Gasteiger partial charge in [0.2, 0.25) is 0 Å². The molecule has 4 aliphatic rings. The second kappa shape index (κ2) is 17.2. The van der Waals surface area contributed by atoms with E-state index in [1.807, 2.05) is 12.5 Å². The number of anilines is 6. The topological polar surface area (TPSA) is 37.7 Å². The Morgan fingerprint density at radius 3 is 1.56 bits per heavy atom. The molecule has 19 rings (SSSR count). The number of para-hydroxylation sites is 2. The predicted octanol–water partition coefficient (Wildman–Crippen LogP) is 20.7. The molecular weight excluding hydrogens is 1030 g/mol. The Morgan fingerprint density at radius 2 is 0.835 bits per heavy atom. The normalized spacial score (nSPS) is 14.0. The lowest BCUT2D eigenvalue weighted by molar-refractivity contribution is 0.525. The van der Waals surface area contributed by atoms with E-state index < -0.39 is 10.8 Å². The van der Waals surface area contributed by atoms with Crippen molar-refractivity contribution in [3.8, 4) is 50.6 Å². The largest absolute Gasteiger partial charge is 0.461 e. The van der Waals surface area contributed by atoms with Crippen molar-refractivity contribution in [1.82, 2.24) is 4.57 Å². The Labute approximate surface area is 490 Å². The van der Waals surface area contributed by atoms with Crippen LogP contribution in [0.3, 0.4) is 0 Å². The number of aromatic nitrogens is 1. The summed E-state index contributed by atoms with van der Waals surface area (Å²) in [6, 6.07) is 106. The molecule has 5 heteroatoms. The maximum absolute atomic E-state index is 6.44. The van der Waals surface area contributed by atoms with Crippen molar-refractivity contribution in [2.75, 3.05) is 9.80 Å². The molecule has 12 aromatic carbocycles. The molecule has 5 nitrogen and oxygen atoms in total. The fourth-order valence-corrected chi connectivity index (χ4v) is 15.9. The van der Waals surface area contributed by atoms with Gasteiger partial charge in [-0.3, -0.25) is 0 Å². The van der Waals surface area contributed by atoms with E-state index in [0.29, 0.717) is 0 Å². The molecule has 0 saturated heterocycles. The van der Waals surface area contributed by atoms with Crippen LogP contribution in [0.4, 0.5) is 34.1 Å². The summed E-state index contributed by atoms with van der Waals surface area (Å²) in [6.45, 7) is 0. The van der Waals surface area contributed by atoms with E-state index in [0.717, 1.165) is 84.4 Å². The molecule has 85 heavy (non-hydrogen) atoms. The third-order valence-electron chi connectivity index (χ3n) is 19.2. The lowest BCUT2D eigenvalue weighted by atomic mass is 9.65. The first-order valence-corrected chi connectivity index (χ1v) is 29.3. The number of hydrogen-bond donors (Lipinski definition) is 0. The fraction of sp³-hybridized carbons (Fsp3) is 0.0250. The Bertz CT molecular complexity index is 5180. The van der Waals surface area contributed by atoms with Gasteiger partial charge >= 0.3 is 0 Å². The number of nitrogens with zero attached hydrogens (tertiary/aromatic N) is 3. The highest BCUT2D eigenvalue weighted by Gasteiger charge is 2.56. The summed E-state index contributed by atoms with van der Waals surface area (Å²) < 4.78 is 15.4. The van der Waals surface area contributed by atoms with Gasteiger partial charge in [-0.2, -0.15) is 0 Å². The number of fused-ring (bicyclic) bond motifs is 23. The molecule has 3 aromatic heterocycles. The van der Waals surface area contributed by atoms with E-state index >= 15 is 0 Å². The Kier molecular flexibility index (Phi) is 9.41. The zero-order chi connectivity index (χ0) is 55.5. The minimum atomic E-state index is -0.761. The fourth-order valence-electron chi connectivity index (χ4n) is 15.9. The van der Waals surface area contributed by atoms with Crippen LogP contribution < -0.4 is 9.80 Å². The monoisotopic (exact) mass is 1080 g/mol. The lowest BCUT2D eigenvalue weighted by Crippen LogP contribution is -2.36. The standard InChI is InChI=1S/C80H49N3O2/c1-2-18-50(19-3-1)51-36-38-53(39-37-51)81(56-40-41-61-60-27-8-12-31-66(60)79(70(61)47-56)64-29-10-6-25-58(64)59-26-7-11-30-65(59)79)54-22-17-23-55(46-54)82-73-33-14-9-28-62(73)63-48-76-71(49-75(63)82)80(68-42-44-84-77(68)78-69(80)43-45-85-78)67-32-13-15-34-74(67)83(76)72-35-16-21-52-20-4-5-24-57(52)72/h1-49H. The molecule has 0 fully saturated rings. The maximum atomic E-state index is 6.44. The van der Waals surface area contributed by atoms with Crippen LogP contribution in [0.15, 0.2) is 306 Å². The highest BCUT2D eigenvalue weighted by atomic mass is 16.4. The molecular formula is C80H49N3O2.